The quantitative estimate of drug-likeness (QED) is 0.183. The molecule has 224 valence electrons. The number of carbonyl (C=O) groups is 3. The second-order valence-corrected chi connectivity index (χ2v) is 11.8. The predicted octanol–water partition coefficient (Wildman–Crippen LogP) is 1.63. The van der Waals surface area contributed by atoms with Crippen molar-refractivity contribution in [1.29, 1.82) is 0 Å². The van der Waals surface area contributed by atoms with Crippen molar-refractivity contribution in [2.24, 2.45) is 17.8 Å². The van der Waals surface area contributed by atoms with E-state index in [1.807, 2.05) is 13.8 Å². The fourth-order valence-electron chi connectivity index (χ4n) is 7.30. The highest BCUT2D eigenvalue weighted by atomic mass is 16.6. The molecular weight excluding hydrogens is 514 g/mol. The summed E-state index contributed by atoms with van der Waals surface area (Å²) in [5.74, 6) is -2.44. The Bertz CT molecular complexity index is 954. The molecule has 4 heterocycles. The van der Waals surface area contributed by atoms with Crippen molar-refractivity contribution in [1.82, 2.24) is 14.7 Å². The zero-order valence-corrected chi connectivity index (χ0v) is 24.2. The number of hydrogen-bond acceptors (Lipinski definition) is 8. The largest absolute Gasteiger partial charge is 0.461 e. The van der Waals surface area contributed by atoms with E-state index in [-0.39, 0.29) is 30.9 Å². The number of likely N-dealkylation sites (tertiary alicyclic amines) is 1. The molecule has 4 fully saturated rings. The van der Waals surface area contributed by atoms with Crippen molar-refractivity contribution in [2.75, 3.05) is 65.7 Å². The summed E-state index contributed by atoms with van der Waals surface area (Å²) in [6, 6.07) is -0.825. The van der Waals surface area contributed by atoms with Crippen molar-refractivity contribution in [3.8, 4) is 0 Å². The third kappa shape index (κ3) is 5.60. The van der Waals surface area contributed by atoms with Gasteiger partial charge in [0.25, 0.3) is 0 Å². The molecule has 10 heteroatoms. The average Bonchev–Trinajstić information content (AvgIpc) is 3.46. The third-order valence-electron chi connectivity index (χ3n) is 9.40. The molecule has 2 bridgehead atoms. The number of aliphatic hydroxyl groups is 1. The lowest BCUT2D eigenvalue weighted by molar-refractivity contribution is -0.161. The molecule has 4 saturated heterocycles. The molecule has 2 amide bonds. The Morgan fingerprint density at radius 2 is 1.88 bits per heavy atom. The van der Waals surface area contributed by atoms with Crippen LogP contribution in [0.3, 0.4) is 0 Å². The number of esters is 1. The van der Waals surface area contributed by atoms with Gasteiger partial charge in [0.2, 0.25) is 11.8 Å². The molecule has 40 heavy (non-hydrogen) atoms. The van der Waals surface area contributed by atoms with Crippen molar-refractivity contribution in [3.05, 3.63) is 25.3 Å². The monoisotopic (exact) mass is 561 g/mol. The lowest BCUT2D eigenvalue weighted by atomic mass is 9.62. The molecule has 4 rings (SSSR count). The standard InChI is InChI=1S/C30H47N3O7/c1-5-11-32(14-13-31-15-19-38-20-16-31)27(36)25-30-21-22(3)29(4,40-30)24(28(37)39-18-6-2)23(30)26(35)33(25)12-9-7-8-10-17-34/h5-6,22-25,34H,1-2,7-21H2,3-4H3/t22?,23-,24+,25?,29-,30?/m0/s1. The van der Waals surface area contributed by atoms with Gasteiger partial charge >= 0.3 is 5.97 Å². The highest BCUT2D eigenvalue weighted by molar-refractivity contribution is 5.98. The van der Waals surface area contributed by atoms with E-state index in [0.717, 1.165) is 25.9 Å². The molecule has 6 atom stereocenters. The molecule has 0 radical (unpaired) electrons. The van der Waals surface area contributed by atoms with Gasteiger partial charge in [-0.15, -0.1) is 6.58 Å². The van der Waals surface area contributed by atoms with E-state index in [9.17, 15) is 14.4 Å². The first kappa shape index (κ1) is 30.7. The molecule has 10 nitrogen and oxygen atoms in total. The SMILES string of the molecule is C=CCOC(=O)[C@H]1[C@H]2C(=O)N(CCCCCCO)C(C(=O)N(CC=C)CCN3CCOCC3)C23CC(C)[C@]1(C)O3. The number of carbonyl (C=O) groups excluding carboxylic acids is 3. The highest BCUT2D eigenvalue weighted by Crippen LogP contribution is 2.65. The lowest BCUT2D eigenvalue weighted by Gasteiger charge is -2.38. The van der Waals surface area contributed by atoms with Crippen molar-refractivity contribution in [2.45, 2.75) is 63.2 Å². The number of ether oxygens (including phenoxy) is 3. The summed E-state index contributed by atoms with van der Waals surface area (Å²) in [7, 11) is 0. The molecule has 0 aromatic rings. The molecule has 0 aromatic heterocycles. The Hall–Kier alpha value is -2.27. The third-order valence-corrected chi connectivity index (χ3v) is 9.40. The average molecular weight is 562 g/mol. The Kier molecular flexibility index (Phi) is 10.1. The van der Waals surface area contributed by atoms with Gasteiger partial charge in [-0.2, -0.15) is 0 Å². The van der Waals surface area contributed by atoms with Crippen LogP contribution >= 0.6 is 0 Å². The van der Waals surface area contributed by atoms with Crippen LogP contribution < -0.4 is 0 Å². The second-order valence-electron chi connectivity index (χ2n) is 11.8. The fraction of sp³-hybridized carbons (Fsp3) is 0.767. The van der Waals surface area contributed by atoms with Gasteiger partial charge in [-0.1, -0.05) is 38.5 Å². The van der Waals surface area contributed by atoms with Crippen LogP contribution in [0.1, 0.15) is 46.0 Å². The second kappa shape index (κ2) is 13.1. The molecule has 4 aliphatic heterocycles. The van der Waals surface area contributed by atoms with Gasteiger partial charge in [0.1, 0.15) is 24.2 Å². The first-order valence-corrected chi connectivity index (χ1v) is 14.8. The van der Waals surface area contributed by atoms with Gasteiger partial charge in [0.15, 0.2) is 0 Å². The minimum absolute atomic E-state index is 0.0427. The van der Waals surface area contributed by atoms with Gasteiger partial charge in [-0.3, -0.25) is 19.3 Å². The van der Waals surface area contributed by atoms with Gasteiger partial charge in [-0.05, 0) is 32.1 Å². The van der Waals surface area contributed by atoms with Gasteiger partial charge < -0.3 is 29.1 Å². The maximum atomic E-state index is 14.5. The fourth-order valence-corrected chi connectivity index (χ4v) is 7.30. The van der Waals surface area contributed by atoms with Crippen molar-refractivity contribution < 1.29 is 33.7 Å². The van der Waals surface area contributed by atoms with E-state index in [4.69, 9.17) is 19.3 Å². The van der Waals surface area contributed by atoms with E-state index in [2.05, 4.69) is 18.1 Å². The summed E-state index contributed by atoms with van der Waals surface area (Å²) in [4.78, 5) is 47.8. The molecule has 0 aliphatic carbocycles. The number of unbranched alkanes of at least 4 members (excludes halogenated alkanes) is 3. The van der Waals surface area contributed by atoms with E-state index in [0.29, 0.717) is 58.7 Å². The molecule has 3 unspecified atom stereocenters. The minimum Gasteiger partial charge on any atom is -0.461 e. The Labute approximate surface area is 238 Å². The molecule has 0 saturated carbocycles. The smallest absolute Gasteiger partial charge is 0.313 e. The normalized spacial score (nSPS) is 33.2. The summed E-state index contributed by atoms with van der Waals surface area (Å²) in [6.07, 6.45) is 6.82. The number of hydrogen-bond donors (Lipinski definition) is 1. The Morgan fingerprint density at radius 3 is 2.55 bits per heavy atom. The first-order valence-electron chi connectivity index (χ1n) is 14.8. The van der Waals surface area contributed by atoms with Crippen LogP contribution in [0.5, 0.6) is 0 Å². The number of rotatable bonds is 15. The van der Waals surface area contributed by atoms with Crippen LogP contribution in [0.25, 0.3) is 0 Å². The Morgan fingerprint density at radius 1 is 1.15 bits per heavy atom. The maximum Gasteiger partial charge on any atom is 0.313 e. The lowest BCUT2D eigenvalue weighted by Crippen LogP contribution is -2.57. The zero-order valence-electron chi connectivity index (χ0n) is 24.2. The topological polar surface area (TPSA) is 109 Å². The summed E-state index contributed by atoms with van der Waals surface area (Å²) >= 11 is 0. The van der Waals surface area contributed by atoms with E-state index >= 15 is 0 Å². The van der Waals surface area contributed by atoms with Gasteiger partial charge in [0.05, 0.1) is 24.7 Å². The van der Waals surface area contributed by atoms with Crippen LogP contribution in [0, 0.1) is 17.8 Å². The summed E-state index contributed by atoms with van der Waals surface area (Å²) in [5, 5.41) is 9.16. The van der Waals surface area contributed by atoms with Crippen molar-refractivity contribution >= 4 is 17.8 Å². The molecule has 4 aliphatic rings. The van der Waals surface area contributed by atoms with Crippen LogP contribution in [-0.2, 0) is 28.6 Å². The molecule has 0 aromatic carbocycles. The first-order chi connectivity index (χ1) is 19.2. The number of amides is 2. The van der Waals surface area contributed by atoms with Crippen LogP contribution in [0.15, 0.2) is 25.3 Å². The summed E-state index contributed by atoms with van der Waals surface area (Å²) < 4.78 is 17.7. The Balaban J connectivity index is 1.64. The van der Waals surface area contributed by atoms with Gasteiger partial charge in [-0.25, -0.2) is 0 Å². The highest BCUT2D eigenvalue weighted by Gasteiger charge is 2.80. The summed E-state index contributed by atoms with van der Waals surface area (Å²) in [6.45, 7) is 16.6. The number of aliphatic hydroxyl groups excluding tert-OH is 1. The number of nitrogens with zero attached hydrogens (tertiary/aromatic N) is 3. The van der Waals surface area contributed by atoms with E-state index in [1.54, 1.807) is 15.9 Å². The molecule has 1 spiro atoms. The predicted molar refractivity (Wildman–Crippen MR) is 149 cm³/mol. The van der Waals surface area contributed by atoms with Crippen LogP contribution in [0.4, 0.5) is 0 Å². The van der Waals surface area contributed by atoms with Crippen LogP contribution in [0.2, 0.25) is 0 Å². The van der Waals surface area contributed by atoms with Crippen LogP contribution in [-0.4, -0.2) is 121 Å². The van der Waals surface area contributed by atoms with E-state index in [1.165, 1.54) is 6.08 Å². The van der Waals surface area contributed by atoms with Gasteiger partial charge in [0, 0.05) is 45.9 Å². The molecule has 1 N–H and O–H groups in total. The number of fused-ring (bicyclic) bond motifs is 1. The minimum atomic E-state index is -1.09. The van der Waals surface area contributed by atoms with E-state index < -0.39 is 35.0 Å². The summed E-state index contributed by atoms with van der Waals surface area (Å²) in [5.41, 5.74) is -1.99. The number of morpholine rings is 1. The molecular formula is C30H47N3O7. The zero-order chi connectivity index (χ0) is 28.9. The van der Waals surface area contributed by atoms with Crippen molar-refractivity contribution in [3.63, 3.8) is 0 Å². The maximum absolute atomic E-state index is 14.5.